The third-order valence-corrected chi connectivity index (χ3v) is 4.55. The second kappa shape index (κ2) is 6.96. The smallest absolute Gasteiger partial charge is 0.222 e. The van der Waals surface area contributed by atoms with Gasteiger partial charge >= 0.3 is 0 Å². The summed E-state index contributed by atoms with van der Waals surface area (Å²) < 4.78 is 1.93. The summed E-state index contributed by atoms with van der Waals surface area (Å²) in [5, 5.41) is 8.07. The largest absolute Gasteiger partial charge is 0.346 e. The topological polar surface area (TPSA) is 50.2 Å². The molecule has 1 atom stereocenters. The van der Waals surface area contributed by atoms with E-state index < -0.39 is 0 Å². The van der Waals surface area contributed by atoms with Gasteiger partial charge in [-0.1, -0.05) is 30.3 Å². The van der Waals surface area contributed by atoms with Crippen LogP contribution in [-0.4, -0.2) is 40.7 Å². The number of carbonyl (C=O) groups excluding carboxylic acids is 1. The van der Waals surface area contributed by atoms with Crippen molar-refractivity contribution in [2.75, 3.05) is 20.1 Å². The lowest BCUT2D eigenvalue weighted by molar-refractivity contribution is -0.133. The maximum absolute atomic E-state index is 11.7. The van der Waals surface area contributed by atoms with E-state index in [1.54, 1.807) is 0 Å². The van der Waals surface area contributed by atoms with E-state index in [-0.39, 0.29) is 5.91 Å². The van der Waals surface area contributed by atoms with E-state index in [0.29, 0.717) is 12.3 Å². The summed E-state index contributed by atoms with van der Waals surface area (Å²) in [6, 6.07) is 12.3. The van der Waals surface area contributed by atoms with Crippen LogP contribution in [0, 0.1) is 5.92 Å². The van der Waals surface area contributed by atoms with Crippen molar-refractivity contribution >= 4 is 5.91 Å². The van der Waals surface area contributed by atoms with Crippen molar-refractivity contribution in [1.29, 1.82) is 0 Å². The fourth-order valence-electron chi connectivity index (χ4n) is 3.01. The van der Waals surface area contributed by atoms with E-state index in [2.05, 4.69) is 28.6 Å². The van der Waals surface area contributed by atoms with Crippen molar-refractivity contribution in [1.82, 2.24) is 20.0 Å². The van der Waals surface area contributed by atoms with E-state index in [9.17, 15) is 4.79 Å². The second-order valence-electron chi connectivity index (χ2n) is 6.32. The minimum atomic E-state index is 0.259. The molecule has 1 amide bonds. The van der Waals surface area contributed by atoms with Gasteiger partial charge in [-0.05, 0) is 24.9 Å². The molecular formula is C18H24N4O. The summed E-state index contributed by atoms with van der Waals surface area (Å²) in [5.74, 6) is 0.704. The number of aryl methyl sites for hydroxylation is 1. The predicted octanol–water partition coefficient (Wildman–Crippen LogP) is 2.05. The maximum atomic E-state index is 11.7. The number of carbonyl (C=O) groups is 1. The number of nitrogens with one attached hydrogen (secondary N) is 1. The number of benzene rings is 1. The maximum Gasteiger partial charge on any atom is 0.222 e. The summed E-state index contributed by atoms with van der Waals surface area (Å²) in [7, 11) is 3.86. The molecule has 1 aromatic carbocycles. The number of hydrogen-bond acceptors (Lipinski definition) is 3. The minimum absolute atomic E-state index is 0.259. The van der Waals surface area contributed by atoms with Gasteiger partial charge in [-0.2, -0.15) is 5.10 Å². The highest BCUT2D eigenvalue weighted by atomic mass is 16.2. The molecular weight excluding hydrogens is 288 g/mol. The van der Waals surface area contributed by atoms with Crippen molar-refractivity contribution in [3.8, 4) is 11.3 Å². The fourth-order valence-corrected chi connectivity index (χ4v) is 3.01. The van der Waals surface area contributed by atoms with Crippen LogP contribution in [0.5, 0.6) is 0 Å². The Morgan fingerprint density at radius 1 is 1.26 bits per heavy atom. The number of piperidine rings is 1. The lowest BCUT2D eigenvalue weighted by Gasteiger charge is -2.28. The summed E-state index contributed by atoms with van der Waals surface area (Å²) >= 11 is 0. The van der Waals surface area contributed by atoms with Crippen molar-refractivity contribution in [3.63, 3.8) is 0 Å². The molecule has 0 bridgehead atoms. The molecule has 5 heteroatoms. The quantitative estimate of drug-likeness (QED) is 0.919. The van der Waals surface area contributed by atoms with Crippen LogP contribution in [0.2, 0.25) is 0 Å². The molecule has 3 rings (SSSR count). The first-order chi connectivity index (χ1) is 11.1. The third-order valence-electron chi connectivity index (χ3n) is 4.55. The highest BCUT2D eigenvalue weighted by Crippen LogP contribution is 2.19. The van der Waals surface area contributed by atoms with E-state index in [4.69, 9.17) is 0 Å². The van der Waals surface area contributed by atoms with Gasteiger partial charge in [-0.3, -0.25) is 9.48 Å². The number of hydrogen-bond donors (Lipinski definition) is 1. The summed E-state index contributed by atoms with van der Waals surface area (Å²) in [5.41, 5.74) is 3.29. The molecule has 122 valence electrons. The SMILES string of the molecule is CN1CCC(CNCc2cc(-c3ccccc3)nn2C)CC1=O. The van der Waals surface area contributed by atoms with Gasteiger partial charge in [0.2, 0.25) is 5.91 Å². The molecule has 23 heavy (non-hydrogen) atoms. The Kier molecular flexibility index (Phi) is 4.76. The van der Waals surface area contributed by atoms with Gasteiger partial charge in [0, 0.05) is 39.2 Å². The van der Waals surface area contributed by atoms with E-state index in [1.165, 1.54) is 0 Å². The second-order valence-corrected chi connectivity index (χ2v) is 6.32. The van der Waals surface area contributed by atoms with Crippen LogP contribution in [0.25, 0.3) is 11.3 Å². The monoisotopic (exact) mass is 312 g/mol. The Labute approximate surface area is 137 Å². The van der Waals surface area contributed by atoms with Gasteiger partial charge in [-0.25, -0.2) is 0 Å². The first kappa shape index (κ1) is 15.7. The van der Waals surface area contributed by atoms with Crippen LogP contribution in [-0.2, 0) is 18.4 Å². The molecule has 2 heterocycles. The molecule has 1 unspecified atom stereocenters. The van der Waals surface area contributed by atoms with Gasteiger partial charge < -0.3 is 10.2 Å². The minimum Gasteiger partial charge on any atom is -0.346 e. The first-order valence-electron chi connectivity index (χ1n) is 8.16. The van der Waals surface area contributed by atoms with E-state index >= 15 is 0 Å². The van der Waals surface area contributed by atoms with Gasteiger partial charge in [0.25, 0.3) is 0 Å². The van der Waals surface area contributed by atoms with Crippen molar-refractivity contribution in [2.24, 2.45) is 13.0 Å². The molecule has 2 aromatic rings. The average molecular weight is 312 g/mol. The molecule has 5 nitrogen and oxygen atoms in total. The predicted molar refractivity (Wildman–Crippen MR) is 90.7 cm³/mol. The number of rotatable bonds is 5. The Balaban J connectivity index is 1.55. The Bertz CT molecular complexity index is 665. The third kappa shape index (κ3) is 3.79. The molecule has 1 N–H and O–H groups in total. The molecule has 0 saturated carbocycles. The molecule has 0 radical (unpaired) electrons. The lowest BCUT2D eigenvalue weighted by Crippen LogP contribution is -2.39. The van der Waals surface area contributed by atoms with Crippen LogP contribution >= 0.6 is 0 Å². The van der Waals surface area contributed by atoms with E-state index in [1.807, 2.05) is 41.9 Å². The molecule has 0 spiro atoms. The highest BCUT2D eigenvalue weighted by molar-refractivity contribution is 5.76. The molecule has 1 aliphatic heterocycles. The number of amides is 1. The van der Waals surface area contributed by atoms with Gasteiger partial charge in [-0.15, -0.1) is 0 Å². The van der Waals surface area contributed by atoms with Crippen LogP contribution < -0.4 is 5.32 Å². The summed E-state index contributed by atoms with van der Waals surface area (Å²) in [6.45, 7) is 2.53. The summed E-state index contributed by atoms with van der Waals surface area (Å²) in [6.07, 6.45) is 1.74. The average Bonchev–Trinajstić information content (AvgIpc) is 2.93. The number of nitrogens with zero attached hydrogens (tertiary/aromatic N) is 3. The Morgan fingerprint density at radius 2 is 2.04 bits per heavy atom. The van der Waals surface area contributed by atoms with Crippen molar-refractivity contribution in [2.45, 2.75) is 19.4 Å². The van der Waals surface area contributed by atoms with Gasteiger partial charge in [0.15, 0.2) is 0 Å². The molecule has 1 aliphatic rings. The zero-order valence-electron chi connectivity index (χ0n) is 13.8. The lowest BCUT2D eigenvalue weighted by atomic mass is 9.96. The Morgan fingerprint density at radius 3 is 2.78 bits per heavy atom. The fraction of sp³-hybridized carbons (Fsp3) is 0.444. The van der Waals surface area contributed by atoms with Crippen LogP contribution in [0.1, 0.15) is 18.5 Å². The molecule has 1 fully saturated rings. The Hall–Kier alpha value is -2.14. The zero-order chi connectivity index (χ0) is 16.2. The molecule has 1 aromatic heterocycles. The molecule has 0 aliphatic carbocycles. The normalized spacial score (nSPS) is 18.4. The van der Waals surface area contributed by atoms with Gasteiger partial charge in [0.1, 0.15) is 0 Å². The summed E-state index contributed by atoms with van der Waals surface area (Å²) in [4.78, 5) is 13.6. The number of likely N-dealkylation sites (tertiary alicyclic amines) is 1. The zero-order valence-corrected chi connectivity index (χ0v) is 13.8. The van der Waals surface area contributed by atoms with Crippen molar-refractivity contribution in [3.05, 3.63) is 42.1 Å². The van der Waals surface area contributed by atoms with Crippen LogP contribution in [0.3, 0.4) is 0 Å². The first-order valence-corrected chi connectivity index (χ1v) is 8.16. The van der Waals surface area contributed by atoms with Gasteiger partial charge in [0.05, 0.1) is 11.4 Å². The molecule has 1 saturated heterocycles. The van der Waals surface area contributed by atoms with Crippen LogP contribution in [0.15, 0.2) is 36.4 Å². The van der Waals surface area contributed by atoms with E-state index in [0.717, 1.165) is 43.0 Å². The van der Waals surface area contributed by atoms with Crippen molar-refractivity contribution < 1.29 is 4.79 Å². The highest BCUT2D eigenvalue weighted by Gasteiger charge is 2.22. The standard InChI is InChI=1S/C18H24N4O/c1-21-9-8-14(10-18(21)23)12-19-13-16-11-17(20-22(16)2)15-6-4-3-5-7-15/h3-7,11,14,19H,8-10,12-13H2,1-2H3. The number of aromatic nitrogens is 2. The van der Waals surface area contributed by atoms with Crippen LogP contribution in [0.4, 0.5) is 0 Å².